The third-order valence-corrected chi connectivity index (χ3v) is 5.24. The van der Waals surface area contributed by atoms with Crippen molar-refractivity contribution in [1.29, 1.82) is 0 Å². The summed E-state index contributed by atoms with van der Waals surface area (Å²) in [6, 6.07) is 17.9. The highest BCUT2D eigenvalue weighted by Gasteiger charge is 2.15. The average molecular weight is 332 g/mol. The first kappa shape index (κ1) is 14.9. The van der Waals surface area contributed by atoms with Gasteiger partial charge in [0.1, 0.15) is 0 Å². The van der Waals surface area contributed by atoms with Crippen LogP contribution in [0.15, 0.2) is 65.6 Å². The fraction of sp³-hybridized carbons (Fsp3) is 0.0588. The molecule has 0 aliphatic rings. The Labute approximate surface area is 134 Å². The summed E-state index contributed by atoms with van der Waals surface area (Å²) in [5.41, 5.74) is 1.26. The highest BCUT2D eigenvalue weighted by atomic mass is 35.5. The van der Waals surface area contributed by atoms with Crippen molar-refractivity contribution in [2.24, 2.45) is 0 Å². The number of benzene rings is 3. The molecule has 1 N–H and O–H groups in total. The minimum atomic E-state index is -3.63. The molecule has 0 aliphatic heterocycles. The molecule has 5 heteroatoms. The summed E-state index contributed by atoms with van der Waals surface area (Å²) < 4.78 is 27.5. The molecule has 0 saturated carbocycles. The predicted octanol–water partition coefficient (Wildman–Crippen LogP) is 4.60. The van der Waals surface area contributed by atoms with Gasteiger partial charge in [0, 0.05) is 10.7 Å². The second-order valence-corrected chi connectivity index (χ2v) is 7.17. The Kier molecular flexibility index (Phi) is 3.81. The van der Waals surface area contributed by atoms with E-state index in [0.717, 1.165) is 16.3 Å². The first-order valence-corrected chi connectivity index (χ1v) is 8.60. The lowest BCUT2D eigenvalue weighted by Crippen LogP contribution is -2.13. The zero-order valence-electron chi connectivity index (χ0n) is 11.9. The Morgan fingerprint density at radius 2 is 1.64 bits per heavy atom. The summed E-state index contributed by atoms with van der Waals surface area (Å²) in [7, 11) is -3.63. The van der Waals surface area contributed by atoms with E-state index in [4.69, 9.17) is 11.6 Å². The van der Waals surface area contributed by atoms with Gasteiger partial charge in [0.25, 0.3) is 10.0 Å². The SMILES string of the molecule is Cc1cc(S(=O)(=O)Nc2ccc3ccccc3c2)ccc1Cl. The van der Waals surface area contributed by atoms with Gasteiger partial charge >= 0.3 is 0 Å². The van der Waals surface area contributed by atoms with E-state index in [1.54, 1.807) is 25.1 Å². The maximum Gasteiger partial charge on any atom is 0.261 e. The van der Waals surface area contributed by atoms with Crippen LogP contribution < -0.4 is 4.72 Å². The fourth-order valence-electron chi connectivity index (χ4n) is 2.25. The fourth-order valence-corrected chi connectivity index (χ4v) is 3.50. The van der Waals surface area contributed by atoms with Crippen molar-refractivity contribution >= 4 is 38.1 Å². The monoisotopic (exact) mass is 331 g/mol. The van der Waals surface area contributed by atoms with Crippen molar-refractivity contribution in [2.45, 2.75) is 11.8 Å². The van der Waals surface area contributed by atoms with Crippen molar-refractivity contribution in [3.63, 3.8) is 0 Å². The lowest BCUT2D eigenvalue weighted by Gasteiger charge is -2.10. The Morgan fingerprint density at radius 1 is 0.909 bits per heavy atom. The summed E-state index contributed by atoms with van der Waals surface area (Å²) in [5, 5.41) is 2.59. The van der Waals surface area contributed by atoms with Crippen molar-refractivity contribution in [3.8, 4) is 0 Å². The van der Waals surface area contributed by atoms with Gasteiger partial charge in [-0.3, -0.25) is 4.72 Å². The van der Waals surface area contributed by atoms with Gasteiger partial charge < -0.3 is 0 Å². The van der Waals surface area contributed by atoms with Crippen LogP contribution in [0.5, 0.6) is 0 Å². The molecule has 0 fully saturated rings. The maximum atomic E-state index is 12.4. The summed E-state index contributed by atoms with van der Waals surface area (Å²) in [4.78, 5) is 0.197. The molecule has 3 aromatic rings. The molecule has 22 heavy (non-hydrogen) atoms. The molecule has 0 heterocycles. The van der Waals surface area contributed by atoms with Crippen LogP contribution in [0.1, 0.15) is 5.56 Å². The molecule has 0 aromatic heterocycles. The van der Waals surface area contributed by atoms with E-state index in [-0.39, 0.29) is 4.90 Å². The molecule has 3 rings (SSSR count). The van der Waals surface area contributed by atoms with Crippen molar-refractivity contribution < 1.29 is 8.42 Å². The average Bonchev–Trinajstić information content (AvgIpc) is 2.49. The molecule has 0 unspecified atom stereocenters. The highest BCUT2D eigenvalue weighted by Crippen LogP contribution is 2.24. The first-order valence-electron chi connectivity index (χ1n) is 6.73. The summed E-state index contributed by atoms with van der Waals surface area (Å²) in [5.74, 6) is 0. The number of sulfonamides is 1. The van der Waals surface area contributed by atoms with E-state index in [1.165, 1.54) is 6.07 Å². The molecule has 0 radical (unpaired) electrons. The minimum absolute atomic E-state index is 0.197. The van der Waals surface area contributed by atoms with Crippen LogP contribution in [0.4, 0.5) is 5.69 Å². The maximum absolute atomic E-state index is 12.4. The summed E-state index contributed by atoms with van der Waals surface area (Å²) in [6.07, 6.45) is 0. The largest absolute Gasteiger partial charge is 0.280 e. The van der Waals surface area contributed by atoms with E-state index in [2.05, 4.69) is 4.72 Å². The normalized spacial score (nSPS) is 11.5. The summed E-state index contributed by atoms with van der Waals surface area (Å²) >= 11 is 5.94. The van der Waals surface area contributed by atoms with E-state index in [9.17, 15) is 8.42 Å². The molecule has 0 atom stereocenters. The third kappa shape index (κ3) is 2.93. The number of hydrogen-bond acceptors (Lipinski definition) is 2. The van der Waals surface area contributed by atoms with E-state index in [0.29, 0.717) is 10.7 Å². The van der Waals surface area contributed by atoms with Gasteiger partial charge in [-0.2, -0.15) is 0 Å². The molecule has 0 aliphatic carbocycles. The molecule has 0 saturated heterocycles. The van der Waals surface area contributed by atoms with Gasteiger partial charge in [0.2, 0.25) is 0 Å². The number of nitrogens with one attached hydrogen (secondary N) is 1. The van der Waals surface area contributed by atoms with Gasteiger partial charge in [-0.05, 0) is 53.6 Å². The van der Waals surface area contributed by atoms with Crippen LogP contribution in [-0.4, -0.2) is 8.42 Å². The number of rotatable bonds is 3. The molecule has 0 amide bonds. The number of fused-ring (bicyclic) bond motifs is 1. The van der Waals surface area contributed by atoms with Crippen LogP contribution in [0.25, 0.3) is 10.8 Å². The van der Waals surface area contributed by atoms with Crippen molar-refractivity contribution in [1.82, 2.24) is 0 Å². The van der Waals surface area contributed by atoms with Gasteiger partial charge in [-0.15, -0.1) is 0 Å². The molecule has 3 aromatic carbocycles. The highest BCUT2D eigenvalue weighted by molar-refractivity contribution is 7.92. The first-order chi connectivity index (χ1) is 10.5. The van der Waals surface area contributed by atoms with Crippen LogP contribution in [0, 0.1) is 6.92 Å². The Balaban J connectivity index is 1.97. The van der Waals surface area contributed by atoms with Gasteiger partial charge in [0.15, 0.2) is 0 Å². The van der Waals surface area contributed by atoms with Gasteiger partial charge in [-0.25, -0.2) is 8.42 Å². The lowest BCUT2D eigenvalue weighted by molar-refractivity contribution is 0.601. The number of aryl methyl sites for hydroxylation is 1. The standard InChI is InChI=1S/C17H14ClNO2S/c1-12-10-16(8-9-17(12)18)22(20,21)19-15-7-6-13-4-2-3-5-14(13)11-15/h2-11,19H,1H3. The molecule has 3 nitrogen and oxygen atoms in total. The molecule has 0 spiro atoms. The van der Waals surface area contributed by atoms with Crippen molar-refractivity contribution in [3.05, 3.63) is 71.2 Å². The quantitative estimate of drug-likeness (QED) is 0.762. The lowest BCUT2D eigenvalue weighted by atomic mass is 10.1. The van der Waals surface area contributed by atoms with E-state index >= 15 is 0 Å². The number of anilines is 1. The molecular weight excluding hydrogens is 318 g/mol. The Hall–Kier alpha value is -2.04. The Bertz CT molecular complexity index is 952. The second-order valence-electron chi connectivity index (χ2n) is 5.08. The molecule has 0 bridgehead atoms. The van der Waals surface area contributed by atoms with E-state index in [1.807, 2.05) is 36.4 Å². The van der Waals surface area contributed by atoms with Crippen LogP contribution in [0.2, 0.25) is 5.02 Å². The van der Waals surface area contributed by atoms with Gasteiger partial charge in [-0.1, -0.05) is 41.9 Å². The van der Waals surface area contributed by atoms with Crippen LogP contribution in [-0.2, 0) is 10.0 Å². The van der Waals surface area contributed by atoms with Gasteiger partial charge in [0.05, 0.1) is 4.90 Å². The molecular formula is C17H14ClNO2S. The van der Waals surface area contributed by atoms with Crippen molar-refractivity contribution in [2.75, 3.05) is 4.72 Å². The van der Waals surface area contributed by atoms with E-state index < -0.39 is 10.0 Å². The Morgan fingerprint density at radius 3 is 2.36 bits per heavy atom. The van der Waals surface area contributed by atoms with Crippen LogP contribution in [0.3, 0.4) is 0 Å². The number of hydrogen-bond donors (Lipinski definition) is 1. The summed E-state index contributed by atoms with van der Waals surface area (Å²) in [6.45, 7) is 1.78. The smallest absolute Gasteiger partial charge is 0.261 e. The predicted molar refractivity (Wildman–Crippen MR) is 90.9 cm³/mol. The molecule has 112 valence electrons. The third-order valence-electron chi connectivity index (χ3n) is 3.44. The number of halogens is 1. The zero-order chi connectivity index (χ0) is 15.7. The second kappa shape index (κ2) is 5.63. The minimum Gasteiger partial charge on any atom is -0.280 e. The zero-order valence-corrected chi connectivity index (χ0v) is 13.4. The van der Waals surface area contributed by atoms with Crippen LogP contribution >= 0.6 is 11.6 Å². The topological polar surface area (TPSA) is 46.2 Å².